The van der Waals surface area contributed by atoms with Gasteiger partial charge in [0.25, 0.3) is 0 Å². The van der Waals surface area contributed by atoms with Gasteiger partial charge in [0, 0.05) is 30.7 Å². The van der Waals surface area contributed by atoms with E-state index in [0.717, 1.165) is 78.9 Å². The Hall–Kier alpha value is -2.41. The van der Waals surface area contributed by atoms with Crippen molar-refractivity contribution < 1.29 is 13.2 Å². The number of nitrogens with zero attached hydrogens (tertiary/aromatic N) is 3. The van der Waals surface area contributed by atoms with Crippen LogP contribution in [0.4, 0.5) is 0 Å². The van der Waals surface area contributed by atoms with E-state index in [-0.39, 0.29) is 5.75 Å². The molecule has 0 aliphatic rings. The van der Waals surface area contributed by atoms with Crippen LogP contribution in [0, 0.1) is 13.8 Å². The van der Waals surface area contributed by atoms with Gasteiger partial charge in [-0.15, -0.1) is 0 Å². The van der Waals surface area contributed by atoms with Crippen molar-refractivity contribution in [2.24, 2.45) is 0 Å². The van der Waals surface area contributed by atoms with Crippen molar-refractivity contribution in [1.82, 2.24) is 14.5 Å². The Morgan fingerprint density at radius 2 is 1.71 bits per heavy atom. The topological polar surface area (TPSA) is 74.1 Å². The predicted molar refractivity (Wildman–Crippen MR) is 126 cm³/mol. The van der Waals surface area contributed by atoms with E-state index in [2.05, 4.69) is 18.4 Å². The second-order valence-corrected chi connectivity index (χ2v) is 10.5. The van der Waals surface area contributed by atoms with E-state index >= 15 is 0 Å². The maximum absolute atomic E-state index is 11.3. The van der Waals surface area contributed by atoms with Crippen molar-refractivity contribution in [2.75, 3.05) is 12.0 Å². The molecule has 0 aliphatic carbocycles. The smallest absolute Gasteiger partial charge is 0.247 e. The van der Waals surface area contributed by atoms with Gasteiger partial charge in [0.05, 0.1) is 5.52 Å². The Bertz CT molecular complexity index is 1120. The fraction of sp³-hybridized carbons (Fsp3) is 0.500. The van der Waals surface area contributed by atoms with Crippen molar-refractivity contribution in [3.63, 3.8) is 0 Å². The van der Waals surface area contributed by atoms with Gasteiger partial charge in [-0.25, -0.2) is 18.4 Å². The summed E-state index contributed by atoms with van der Waals surface area (Å²) in [4.78, 5) is 9.64. The molecule has 0 unspecified atom stereocenters. The fourth-order valence-corrected chi connectivity index (χ4v) is 4.53. The number of rotatable bonds is 11. The largest absolute Gasteiger partial charge is 0.437 e. The lowest BCUT2D eigenvalue weighted by Gasteiger charge is -2.13. The Kier molecular flexibility index (Phi) is 7.70. The van der Waals surface area contributed by atoms with E-state index in [9.17, 15) is 8.42 Å². The Morgan fingerprint density at radius 3 is 2.39 bits per heavy atom. The number of para-hydroxylation sites is 1. The van der Waals surface area contributed by atoms with E-state index in [4.69, 9.17) is 14.7 Å². The van der Waals surface area contributed by atoms with Crippen LogP contribution >= 0.6 is 0 Å². The number of imidazole rings is 1. The van der Waals surface area contributed by atoms with Crippen molar-refractivity contribution in [1.29, 1.82) is 0 Å². The minimum absolute atomic E-state index is 0.270. The van der Waals surface area contributed by atoms with Crippen LogP contribution in [0.5, 0.6) is 11.6 Å². The zero-order valence-corrected chi connectivity index (χ0v) is 19.8. The summed E-state index contributed by atoms with van der Waals surface area (Å²) < 4.78 is 31.1. The highest BCUT2D eigenvalue weighted by Gasteiger charge is 2.19. The number of ether oxygens (including phenoxy) is 1. The van der Waals surface area contributed by atoms with Gasteiger partial charge in [-0.1, -0.05) is 38.0 Å². The highest BCUT2D eigenvalue weighted by Crippen LogP contribution is 2.32. The van der Waals surface area contributed by atoms with Crippen molar-refractivity contribution >= 4 is 20.9 Å². The van der Waals surface area contributed by atoms with Crippen LogP contribution in [0.25, 0.3) is 11.0 Å². The molecule has 0 bridgehead atoms. The normalized spacial score (nSPS) is 11.9. The van der Waals surface area contributed by atoms with Crippen LogP contribution in [0.3, 0.4) is 0 Å². The zero-order chi connectivity index (χ0) is 22.4. The lowest BCUT2D eigenvalue weighted by molar-refractivity contribution is 0.466. The summed E-state index contributed by atoms with van der Waals surface area (Å²) in [6, 6.07) is 9.68. The van der Waals surface area contributed by atoms with E-state index in [1.165, 1.54) is 6.26 Å². The summed E-state index contributed by atoms with van der Waals surface area (Å²) in [5.74, 6) is 2.62. The molecule has 0 atom stereocenters. The van der Waals surface area contributed by atoms with Crippen LogP contribution in [-0.2, 0) is 22.8 Å². The van der Waals surface area contributed by atoms with Crippen molar-refractivity contribution in [3.8, 4) is 11.6 Å². The van der Waals surface area contributed by atoms with Gasteiger partial charge in [0.2, 0.25) is 5.88 Å². The van der Waals surface area contributed by atoms with Gasteiger partial charge in [-0.05, 0) is 50.8 Å². The van der Waals surface area contributed by atoms with Crippen molar-refractivity contribution in [3.05, 3.63) is 47.4 Å². The molecule has 0 radical (unpaired) electrons. The summed E-state index contributed by atoms with van der Waals surface area (Å²) >= 11 is 0. The van der Waals surface area contributed by atoms with Gasteiger partial charge in [-0.3, -0.25) is 0 Å². The molecular formula is C24H33N3O3S. The molecule has 0 saturated heterocycles. The van der Waals surface area contributed by atoms with Gasteiger partial charge in [-0.2, -0.15) is 0 Å². The third-order valence-electron chi connectivity index (χ3n) is 5.49. The number of hydrogen-bond donors (Lipinski definition) is 0. The molecule has 0 spiro atoms. The van der Waals surface area contributed by atoms with Gasteiger partial charge in [0.1, 0.15) is 21.4 Å². The zero-order valence-electron chi connectivity index (χ0n) is 19.0. The van der Waals surface area contributed by atoms with Crippen LogP contribution in [0.1, 0.15) is 56.1 Å². The Morgan fingerprint density at radius 1 is 1.00 bits per heavy atom. The SMILES string of the molecule is CCCc1nc2c(Oc3ccccc3)nc(C)c(C)c2n1CCCCCCS(C)(=O)=O. The van der Waals surface area contributed by atoms with Gasteiger partial charge >= 0.3 is 0 Å². The summed E-state index contributed by atoms with van der Waals surface area (Å²) in [7, 11) is -2.87. The molecule has 0 saturated carbocycles. The molecule has 2 aromatic heterocycles. The van der Waals surface area contributed by atoms with Crippen molar-refractivity contribution in [2.45, 2.75) is 65.8 Å². The third kappa shape index (κ3) is 6.06. The molecule has 7 heteroatoms. The minimum Gasteiger partial charge on any atom is -0.437 e. The summed E-state index contributed by atoms with van der Waals surface area (Å²) in [6.07, 6.45) is 6.84. The first-order valence-electron chi connectivity index (χ1n) is 11.1. The molecule has 0 amide bonds. The molecule has 2 heterocycles. The first kappa shape index (κ1) is 23.3. The summed E-state index contributed by atoms with van der Waals surface area (Å²) in [6.45, 7) is 7.12. The van der Waals surface area contributed by atoms with Crippen LogP contribution in [0.2, 0.25) is 0 Å². The van der Waals surface area contributed by atoms with Crippen LogP contribution in [0.15, 0.2) is 30.3 Å². The first-order valence-corrected chi connectivity index (χ1v) is 13.1. The molecule has 0 aliphatic heterocycles. The second-order valence-electron chi connectivity index (χ2n) is 8.21. The molecule has 1 aromatic carbocycles. The Labute approximate surface area is 185 Å². The predicted octanol–water partition coefficient (Wildman–Crippen LogP) is 5.40. The monoisotopic (exact) mass is 443 g/mol. The molecule has 0 N–H and O–H groups in total. The van der Waals surface area contributed by atoms with Gasteiger partial charge < -0.3 is 9.30 Å². The second kappa shape index (κ2) is 10.3. The highest BCUT2D eigenvalue weighted by atomic mass is 32.2. The maximum Gasteiger partial charge on any atom is 0.247 e. The number of aryl methyl sites for hydroxylation is 4. The average molecular weight is 444 g/mol. The third-order valence-corrected chi connectivity index (χ3v) is 6.52. The lowest BCUT2D eigenvalue weighted by atomic mass is 10.1. The molecule has 0 fully saturated rings. The number of hydrogen-bond acceptors (Lipinski definition) is 5. The molecule has 6 nitrogen and oxygen atoms in total. The minimum atomic E-state index is -2.87. The Balaban J connectivity index is 1.86. The quantitative estimate of drug-likeness (QED) is 0.371. The van der Waals surface area contributed by atoms with Gasteiger partial charge in [0.15, 0.2) is 5.52 Å². The number of unbranched alkanes of at least 4 members (excludes halogenated alkanes) is 3. The standard InChI is InChI=1S/C24H33N3O3S/c1-5-13-21-26-22-23(27(21)16-11-6-7-12-17-31(4,28)29)18(2)19(3)25-24(22)30-20-14-9-8-10-15-20/h8-10,14-15H,5-7,11-13,16-17H2,1-4H3. The molecule has 3 rings (SSSR count). The number of sulfone groups is 1. The molecule has 168 valence electrons. The number of pyridine rings is 1. The lowest BCUT2D eigenvalue weighted by Crippen LogP contribution is -2.06. The molecular weight excluding hydrogens is 410 g/mol. The number of fused-ring (bicyclic) bond motifs is 1. The van der Waals surface area contributed by atoms with E-state index in [1.54, 1.807) is 0 Å². The van der Waals surface area contributed by atoms with E-state index < -0.39 is 9.84 Å². The average Bonchev–Trinajstić information content (AvgIpc) is 3.07. The van der Waals surface area contributed by atoms with Crippen LogP contribution < -0.4 is 4.74 Å². The highest BCUT2D eigenvalue weighted by molar-refractivity contribution is 7.90. The first-order chi connectivity index (χ1) is 14.8. The fourth-order valence-electron chi connectivity index (χ4n) is 3.80. The van der Waals surface area contributed by atoms with E-state index in [0.29, 0.717) is 5.88 Å². The number of benzene rings is 1. The maximum atomic E-state index is 11.3. The van der Waals surface area contributed by atoms with E-state index in [1.807, 2.05) is 37.3 Å². The summed E-state index contributed by atoms with van der Waals surface area (Å²) in [5, 5.41) is 0. The van der Waals surface area contributed by atoms with Crippen LogP contribution in [-0.4, -0.2) is 35.0 Å². The molecule has 3 aromatic rings. The number of aromatic nitrogens is 3. The molecule has 31 heavy (non-hydrogen) atoms. The summed E-state index contributed by atoms with van der Waals surface area (Å²) in [5.41, 5.74) is 3.98.